The van der Waals surface area contributed by atoms with Crippen molar-refractivity contribution in [3.63, 3.8) is 0 Å². The van der Waals surface area contributed by atoms with Gasteiger partial charge >= 0.3 is 0 Å². The summed E-state index contributed by atoms with van der Waals surface area (Å²) in [5.41, 5.74) is 0. The standard InChI is InChI=1S/C13H19N5O/c1-9-7-14-12(19-9)8-18-6-4-3-5-11(18)13-15-10(2)16-17-13/h7,11H,3-6,8H2,1-2H3,(H,15,16,17)/t11-/m0/s1. The number of oxazole rings is 1. The van der Waals surface area contributed by atoms with Gasteiger partial charge in [-0.2, -0.15) is 5.10 Å². The Morgan fingerprint density at radius 1 is 1.42 bits per heavy atom. The van der Waals surface area contributed by atoms with E-state index in [0.29, 0.717) is 0 Å². The van der Waals surface area contributed by atoms with Crippen LogP contribution in [0.15, 0.2) is 10.6 Å². The average Bonchev–Trinajstić information content (AvgIpc) is 2.99. The number of rotatable bonds is 3. The highest BCUT2D eigenvalue weighted by Gasteiger charge is 2.28. The lowest BCUT2D eigenvalue weighted by Crippen LogP contribution is -2.33. The fourth-order valence-electron chi connectivity index (χ4n) is 2.63. The first kappa shape index (κ1) is 12.3. The first-order valence-corrected chi connectivity index (χ1v) is 6.76. The monoisotopic (exact) mass is 261 g/mol. The number of piperidine rings is 1. The number of hydrogen-bond acceptors (Lipinski definition) is 5. The van der Waals surface area contributed by atoms with Gasteiger partial charge in [0.15, 0.2) is 5.82 Å². The second kappa shape index (κ2) is 5.13. The third-order valence-electron chi connectivity index (χ3n) is 3.53. The fraction of sp³-hybridized carbons (Fsp3) is 0.615. The summed E-state index contributed by atoms with van der Waals surface area (Å²) in [6.07, 6.45) is 5.29. The molecule has 2 aromatic heterocycles. The van der Waals surface area contributed by atoms with Gasteiger partial charge in [-0.15, -0.1) is 0 Å². The van der Waals surface area contributed by atoms with E-state index in [2.05, 4.69) is 25.1 Å². The Balaban J connectivity index is 1.77. The number of likely N-dealkylation sites (tertiary alicyclic amines) is 1. The summed E-state index contributed by atoms with van der Waals surface area (Å²) in [4.78, 5) is 11.1. The van der Waals surface area contributed by atoms with Gasteiger partial charge in [0.25, 0.3) is 0 Å². The van der Waals surface area contributed by atoms with Gasteiger partial charge in [-0.05, 0) is 33.2 Å². The van der Waals surface area contributed by atoms with Crippen molar-refractivity contribution in [1.82, 2.24) is 25.1 Å². The molecule has 0 amide bonds. The molecule has 102 valence electrons. The molecular weight excluding hydrogens is 242 g/mol. The number of aryl methyl sites for hydroxylation is 2. The number of nitrogens with one attached hydrogen (secondary N) is 1. The molecule has 1 atom stereocenters. The Kier molecular flexibility index (Phi) is 3.33. The number of aromatic nitrogens is 4. The summed E-state index contributed by atoms with van der Waals surface area (Å²) in [5, 5.41) is 7.24. The smallest absolute Gasteiger partial charge is 0.208 e. The van der Waals surface area contributed by atoms with Crippen molar-refractivity contribution in [3.05, 3.63) is 29.5 Å². The molecule has 0 saturated carbocycles. The summed E-state index contributed by atoms with van der Waals surface area (Å²) < 4.78 is 5.57. The van der Waals surface area contributed by atoms with E-state index >= 15 is 0 Å². The van der Waals surface area contributed by atoms with Crippen LogP contribution in [-0.2, 0) is 6.54 Å². The van der Waals surface area contributed by atoms with Gasteiger partial charge in [-0.3, -0.25) is 10.00 Å². The highest BCUT2D eigenvalue weighted by Crippen LogP contribution is 2.30. The predicted octanol–water partition coefficient (Wildman–Crippen LogP) is 2.14. The fourth-order valence-corrected chi connectivity index (χ4v) is 2.63. The van der Waals surface area contributed by atoms with Crippen molar-refractivity contribution >= 4 is 0 Å². The van der Waals surface area contributed by atoms with E-state index in [4.69, 9.17) is 4.42 Å². The van der Waals surface area contributed by atoms with Gasteiger partial charge in [0, 0.05) is 0 Å². The molecule has 1 aliphatic rings. The van der Waals surface area contributed by atoms with Crippen molar-refractivity contribution < 1.29 is 4.42 Å². The van der Waals surface area contributed by atoms with Crippen LogP contribution in [0, 0.1) is 13.8 Å². The zero-order valence-corrected chi connectivity index (χ0v) is 11.4. The second-order valence-electron chi connectivity index (χ2n) is 5.13. The molecule has 0 bridgehead atoms. The van der Waals surface area contributed by atoms with Gasteiger partial charge in [0.2, 0.25) is 5.89 Å². The third-order valence-corrected chi connectivity index (χ3v) is 3.53. The van der Waals surface area contributed by atoms with Crippen LogP contribution >= 0.6 is 0 Å². The van der Waals surface area contributed by atoms with E-state index in [1.165, 1.54) is 12.8 Å². The third kappa shape index (κ3) is 2.68. The van der Waals surface area contributed by atoms with Crippen molar-refractivity contribution in [1.29, 1.82) is 0 Å². The minimum absolute atomic E-state index is 0.269. The molecule has 6 heteroatoms. The number of H-pyrrole nitrogens is 1. The van der Waals surface area contributed by atoms with Crippen LogP contribution in [0.3, 0.4) is 0 Å². The van der Waals surface area contributed by atoms with E-state index in [-0.39, 0.29) is 6.04 Å². The van der Waals surface area contributed by atoms with Crippen LogP contribution in [0.4, 0.5) is 0 Å². The summed E-state index contributed by atoms with van der Waals surface area (Å²) in [7, 11) is 0. The van der Waals surface area contributed by atoms with E-state index in [1.807, 2.05) is 13.8 Å². The highest BCUT2D eigenvalue weighted by atomic mass is 16.4. The Morgan fingerprint density at radius 3 is 3.00 bits per heavy atom. The molecule has 1 fully saturated rings. The van der Waals surface area contributed by atoms with Crippen molar-refractivity contribution in [2.24, 2.45) is 0 Å². The summed E-state index contributed by atoms with van der Waals surface area (Å²) in [6, 6.07) is 0.269. The molecule has 0 radical (unpaired) electrons. The maximum atomic E-state index is 5.57. The summed E-state index contributed by atoms with van der Waals surface area (Å²) in [5.74, 6) is 3.39. The minimum atomic E-state index is 0.269. The SMILES string of the molecule is Cc1nc([C@@H]2CCCCN2Cc2ncc(C)o2)n[nH]1. The zero-order valence-electron chi connectivity index (χ0n) is 11.4. The molecule has 0 aromatic carbocycles. The van der Waals surface area contributed by atoms with Crippen LogP contribution < -0.4 is 0 Å². The largest absolute Gasteiger partial charge is 0.445 e. The van der Waals surface area contributed by atoms with E-state index in [1.54, 1.807) is 6.20 Å². The van der Waals surface area contributed by atoms with E-state index < -0.39 is 0 Å². The van der Waals surface area contributed by atoms with Crippen molar-refractivity contribution in [3.8, 4) is 0 Å². The number of aromatic amines is 1. The quantitative estimate of drug-likeness (QED) is 0.916. The molecule has 1 aliphatic heterocycles. The lowest BCUT2D eigenvalue weighted by molar-refractivity contribution is 0.121. The maximum Gasteiger partial charge on any atom is 0.208 e. The Bertz CT molecular complexity index is 547. The van der Waals surface area contributed by atoms with Crippen LogP contribution in [0.2, 0.25) is 0 Å². The molecule has 0 spiro atoms. The number of nitrogens with zero attached hydrogens (tertiary/aromatic N) is 4. The van der Waals surface area contributed by atoms with Gasteiger partial charge in [0.05, 0.1) is 18.8 Å². The maximum absolute atomic E-state index is 5.57. The lowest BCUT2D eigenvalue weighted by atomic mass is 10.0. The van der Waals surface area contributed by atoms with Gasteiger partial charge in [-0.1, -0.05) is 6.42 Å². The lowest BCUT2D eigenvalue weighted by Gasteiger charge is -2.32. The summed E-state index contributed by atoms with van der Waals surface area (Å²) in [6.45, 7) is 5.62. The first-order valence-electron chi connectivity index (χ1n) is 6.76. The molecule has 1 N–H and O–H groups in total. The molecular formula is C13H19N5O. The normalized spacial score (nSPS) is 20.8. The molecule has 0 unspecified atom stereocenters. The van der Waals surface area contributed by atoms with Crippen LogP contribution in [0.5, 0.6) is 0 Å². The predicted molar refractivity (Wildman–Crippen MR) is 69.4 cm³/mol. The Morgan fingerprint density at radius 2 is 2.32 bits per heavy atom. The molecule has 2 aromatic rings. The summed E-state index contributed by atoms with van der Waals surface area (Å²) >= 11 is 0. The van der Waals surface area contributed by atoms with Crippen molar-refractivity contribution in [2.45, 2.75) is 45.7 Å². The molecule has 0 aliphatic carbocycles. The molecule has 19 heavy (non-hydrogen) atoms. The van der Waals surface area contributed by atoms with E-state index in [0.717, 1.165) is 42.8 Å². The average molecular weight is 261 g/mol. The zero-order chi connectivity index (χ0) is 13.2. The minimum Gasteiger partial charge on any atom is -0.445 e. The molecule has 1 saturated heterocycles. The van der Waals surface area contributed by atoms with Gasteiger partial charge < -0.3 is 4.42 Å². The first-order chi connectivity index (χ1) is 9.22. The number of hydrogen-bond donors (Lipinski definition) is 1. The Labute approximate surface area is 112 Å². The van der Waals surface area contributed by atoms with Crippen LogP contribution in [0.1, 0.15) is 48.6 Å². The molecule has 6 nitrogen and oxygen atoms in total. The topological polar surface area (TPSA) is 70.8 Å². The Hall–Kier alpha value is -1.69. The van der Waals surface area contributed by atoms with E-state index in [9.17, 15) is 0 Å². The van der Waals surface area contributed by atoms with Gasteiger partial charge in [0.1, 0.15) is 11.6 Å². The molecule has 3 heterocycles. The highest BCUT2D eigenvalue weighted by molar-refractivity contribution is 4.99. The van der Waals surface area contributed by atoms with Gasteiger partial charge in [-0.25, -0.2) is 9.97 Å². The second-order valence-corrected chi connectivity index (χ2v) is 5.13. The van der Waals surface area contributed by atoms with Crippen molar-refractivity contribution in [2.75, 3.05) is 6.54 Å². The molecule has 3 rings (SSSR count). The van der Waals surface area contributed by atoms with Crippen LogP contribution in [-0.4, -0.2) is 31.6 Å². The van der Waals surface area contributed by atoms with Crippen LogP contribution in [0.25, 0.3) is 0 Å².